The Morgan fingerprint density at radius 3 is 1.75 bits per heavy atom. The molecule has 0 aliphatic carbocycles. The topological polar surface area (TPSA) is 156 Å². The standard InChI is InChI=1S/C11H20N4O5/c1-11(2,3)8(9(18)19)14-10(20)15(4-6(12)16)5-7(13)17/h8H,4-5H2,1-3H3,(H2,12,16)(H2,13,17)(H,14,20)(H,18,19)/t8-/m0/s1. The van der Waals surface area contributed by atoms with Gasteiger partial charge < -0.3 is 26.8 Å². The predicted octanol–water partition coefficient (Wildman–Crippen LogP) is -1.53. The van der Waals surface area contributed by atoms with Gasteiger partial charge in [0, 0.05) is 0 Å². The average Bonchev–Trinajstić information content (AvgIpc) is 2.20. The van der Waals surface area contributed by atoms with Gasteiger partial charge in [0.1, 0.15) is 19.1 Å². The van der Waals surface area contributed by atoms with Crippen molar-refractivity contribution in [2.24, 2.45) is 16.9 Å². The first-order chi connectivity index (χ1) is 8.95. The summed E-state index contributed by atoms with van der Waals surface area (Å²) < 4.78 is 0. The number of nitrogens with zero attached hydrogens (tertiary/aromatic N) is 1. The number of urea groups is 1. The molecule has 0 bridgehead atoms. The molecule has 4 amide bonds. The predicted molar refractivity (Wildman–Crippen MR) is 69.4 cm³/mol. The van der Waals surface area contributed by atoms with Gasteiger partial charge >= 0.3 is 12.0 Å². The van der Waals surface area contributed by atoms with E-state index in [2.05, 4.69) is 5.32 Å². The number of rotatable bonds is 6. The van der Waals surface area contributed by atoms with Crippen molar-refractivity contribution < 1.29 is 24.3 Å². The summed E-state index contributed by atoms with van der Waals surface area (Å²) in [6.45, 7) is 3.80. The summed E-state index contributed by atoms with van der Waals surface area (Å²) in [6, 6.07) is -2.09. The first-order valence-corrected chi connectivity index (χ1v) is 5.80. The number of aliphatic carboxylic acids is 1. The number of carboxylic acids is 1. The number of carboxylic acid groups (broad SMARTS) is 1. The normalized spacial score (nSPS) is 12.3. The van der Waals surface area contributed by atoms with Crippen LogP contribution < -0.4 is 16.8 Å². The highest BCUT2D eigenvalue weighted by Crippen LogP contribution is 2.19. The Morgan fingerprint density at radius 2 is 1.50 bits per heavy atom. The van der Waals surface area contributed by atoms with E-state index in [1.807, 2.05) is 0 Å². The van der Waals surface area contributed by atoms with E-state index < -0.39 is 48.4 Å². The molecule has 0 aliphatic rings. The second kappa shape index (κ2) is 6.73. The molecule has 9 heteroatoms. The summed E-state index contributed by atoms with van der Waals surface area (Å²) in [5.74, 6) is -2.92. The summed E-state index contributed by atoms with van der Waals surface area (Å²) in [5, 5.41) is 11.3. The zero-order chi connectivity index (χ0) is 16.1. The van der Waals surface area contributed by atoms with Gasteiger partial charge in [0.25, 0.3) is 0 Å². The minimum atomic E-state index is -1.23. The van der Waals surface area contributed by atoms with Crippen LogP contribution in [0.1, 0.15) is 20.8 Å². The molecule has 0 radical (unpaired) electrons. The highest BCUT2D eigenvalue weighted by Gasteiger charge is 2.34. The summed E-state index contributed by atoms with van der Waals surface area (Å²) >= 11 is 0. The van der Waals surface area contributed by atoms with E-state index >= 15 is 0 Å². The van der Waals surface area contributed by atoms with Gasteiger partial charge in [0.2, 0.25) is 11.8 Å². The minimum absolute atomic E-state index is 0.536. The molecule has 0 heterocycles. The van der Waals surface area contributed by atoms with Gasteiger partial charge in [-0.1, -0.05) is 20.8 Å². The molecule has 0 fully saturated rings. The zero-order valence-electron chi connectivity index (χ0n) is 11.7. The number of carbonyl (C=O) groups is 4. The molecule has 0 unspecified atom stereocenters. The third kappa shape index (κ3) is 6.03. The molecule has 20 heavy (non-hydrogen) atoms. The van der Waals surface area contributed by atoms with Crippen LogP contribution in [0.15, 0.2) is 0 Å². The molecule has 0 aromatic carbocycles. The van der Waals surface area contributed by atoms with Crippen molar-refractivity contribution in [1.82, 2.24) is 10.2 Å². The molecule has 9 nitrogen and oxygen atoms in total. The smallest absolute Gasteiger partial charge is 0.326 e. The lowest BCUT2D eigenvalue weighted by molar-refractivity contribution is -0.142. The molecule has 0 aromatic rings. The van der Waals surface area contributed by atoms with Gasteiger partial charge in [-0.25, -0.2) is 9.59 Å². The van der Waals surface area contributed by atoms with Gasteiger partial charge in [0.05, 0.1) is 0 Å². The van der Waals surface area contributed by atoms with E-state index in [9.17, 15) is 19.2 Å². The van der Waals surface area contributed by atoms with Gasteiger partial charge in [-0.15, -0.1) is 0 Å². The quantitative estimate of drug-likeness (QED) is 0.466. The summed E-state index contributed by atoms with van der Waals surface area (Å²) in [5.41, 5.74) is 9.15. The fourth-order valence-corrected chi connectivity index (χ4v) is 1.44. The molecular formula is C11H20N4O5. The fourth-order valence-electron chi connectivity index (χ4n) is 1.44. The number of nitrogens with one attached hydrogen (secondary N) is 1. The van der Waals surface area contributed by atoms with Crippen molar-refractivity contribution in [2.45, 2.75) is 26.8 Å². The second-order valence-electron chi connectivity index (χ2n) is 5.38. The molecule has 1 atom stereocenters. The summed E-state index contributed by atoms with van der Waals surface area (Å²) in [4.78, 5) is 45.5. The maximum Gasteiger partial charge on any atom is 0.326 e. The third-order valence-electron chi connectivity index (χ3n) is 2.36. The molecule has 0 spiro atoms. The highest BCUT2D eigenvalue weighted by molar-refractivity contribution is 5.89. The summed E-state index contributed by atoms with van der Waals surface area (Å²) in [6.07, 6.45) is 0. The first kappa shape index (κ1) is 17.7. The Hall–Kier alpha value is -2.32. The maximum absolute atomic E-state index is 11.9. The molecular weight excluding hydrogens is 268 g/mol. The van der Waals surface area contributed by atoms with E-state index in [0.29, 0.717) is 0 Å². The lowest BCUT2D eigenvalue weighted by Crippen LogP contribution is -2.55. The van der Waals surface area contributed by atoms with Gasteiger partial charge in [-0.3, -0.25) is 9.59 Å². The van der Waals surface area contributed by atoms with Crippen LogP contribution >= 0.6 is 0 Å². The lowest BCUT2D eigenvalue weighted by atomic mass is 9.87. The van der Waals surface area contributed by atoms with Crippen LogP contribution in [-0.2, 0) is 14.4 Å². The van der Waals surface area contributed by atoms with Crippen molar-refractivity contribution in [2.75, 3.05) is 13.1 Å². The van der Waals surface area contributed by atoms with Crippen molar-refractivity contribution in [3.05, 3.63) is 0 Å². The Labute approximate surface area is 116 Å². The molecule has 0 saturated heterocycles. The maximum atomic E-state index is 11.9. The lowest BCUT2D eigenvalue weighted by Gasteiger charge is -2.30. The van der Waals surface area contributed by atoms with Crippen molar-refractivity contribution in [3.8, 4) is 0 Å². The molecule has 0 saturated carbocycles. The summed E-state index contributed by atoms with van der Waals surface area (Å²) in [7, 11) is 0. The third-order valence-corrected chi connectivity index (χ3v) is 2.36. The van der Waals surface area contributed by atoms with Gasteiger partial charge in [0.15, 0.2) is 0 Å². The molecule has 6 N–H and O–H groups in total. The Bertz CT molecular complexity index is 400. The van der Waals surface area contributed by atoms with E-state index in [4.69, 9.17) is 16.6 Å². The number of hydrogen-bond acceptors (Lipinski definition) is 4. The van der Waals surface area contributed by atoms with Crippen molar-refractivity contribution >= 4 is 23.8 Å². The monoisotopic (exact) mass is 288 g/mol. The highest BCUT2D eigenvalue weighted by atomic mass is 16.4. The molecule has 0 aliphatic heterocycles. The van der Waals surface area contributed by atoms with Crippen LogP contribution in [0, 0.1) is 5.41 Å². The fraction of sp³-hybridized carbons (Fsp3) is 0.636. The van der Waals surface area contributed by atoms with Crippen LogP contribution in [0.3, 0.4) is 0 Å². The molecule has 0 aromatic heterocycles. The van der Waals surface area contributed by atoms with Crippen molar-refractivity contribution in [1.29, 1.82) is 0 Å². The number of nitrogens with two attached hydrogens (primary N) is 2. The zero-order valence-corrected chi connectivity index (χ0v) is 11.7. The number of carbonyl (C=O) groups excluding carboxylic acids is 3. The minimum Gasteiger partial charge on any atom is -0.480 e. The SMILES string of the molecule is CC(C)(C)[C@@H](NC(=O)N(CC(N)=O)CC(N)=O)C(=O)O. The molecule has 114 valence electrons. The molecule has 0 rings (SSSR count). The average molecular weight is 288 g/mol. The van der Waals surface area contributed by atoms with Crippen LogP contribution in [0.4, 0.5) is 4.79 Å². The van der Waals surface area contributed by atoms with Gasteiger partial charge in [-0.2, -0.15) is 0 Å². The van der Waals surface area contributed by atoms with E-state index in [1.54, 1.807) is 20.8 Å². The number of amides is 4. The first-order valence-electron chi connectivity index (χ1n) is 5.80. The number of hydrogen-bond donors (Lipinski definition) is 4. The second-order valence-corrected chi connectivity index (χ2v) is 5.38. The van der Waals surface area contributed by atoms with E-state index in [1.165, 1.54) is 0 Å². The largest absolute Gasteiger partial charge is 0.480 e. The van der Waals surface area contributed by atoms with Crippen LogP contribution in [-0.4, -0.2) is 53.0 Å². The van der Waals surface area contributed by atoms with Crippen LogP contribution in [0.5, 0.6) is 0 Å². The van der Waals surface area contributed by atoms with Crippen LogP contribution in [0.25, 0.3) is 0 Å². The van der Waals surface area contributed by atoms with Crippen LogP contribution in [0.2, 0.25) is 0 Å². The Balaban J connectivity index is 5.01. The van der Waals surface area contributed by atoms with E-state index in [0.717, 1.165) is 4.90 Å². The Kier molecular flexibility index (Phi) is 5.95. The van der Waals surface area contributed by atoms with Crippen molar-refractivity contribution in [3.63, 3.8) is 0 Å². The number of primary amides is 2. The van der Waals surface area contributed by atoms with Gasteiger partial charge in [-0.05, 0) is 5.41 Å². The Morgan fingerprint density at radius 1 is 1.10 bits per heavy atom. The van der Waals surface area contributed by atoms with E-state index in [-0.39, 0.29) is 0 Å².